The van der Waals surface area contributed by atoms with E-state index >= 15 is 0 Å². The fraction of sp³-hybridized carbons (Fsp3) is 0.368. The molecule has 26 heavy (non-hydrogen) atoms. The number of rotatable bonds is 5. The zero-order valence-corrected chi connectivity index (χ0v) is 14.5. The average molecular weight is 351 g/mol. The number of nitriles is 1. The number of aromatic nitrogens is 2. The highest BCUT2D eigenvalue weighted by Gasteiger charge is 2.25. The quantitative estimate of drug-likeness (QED) is 0.891. The predicted molar refractivity (Wildman–Crippen MR) is 95.5 cm³/mol. The van der Waals surface area contributed by atoms with E-state index in [0.717, 1.165) is 19.3 Å². The van der Waals surface area contributed by atoms with Gasteiger partial charge in [-0.15, -0.1) is 0 Å². The Kier molecular flexibility index (Phi) is 5.99. The predicted octanol–water partition coefficient (Wildman–Crippen LogP) is 2.14. The van der Waals surface area contributed by atoms with Crippen molar-refractivity contribution in [3.63, 3.8) is 0 Å². The van der Waals surface area contributed by atoms with E-state index in [1.165, 1.54) is 18.0 Å². The van der Waals surface area contributed by atoms with Crippen molar-refractivity contribution in [3.05, 3.63) is 54.0 Å². The van der Waals surface area contributed by atoms with Gasteiger partial charge in [-0.3, -0.25) is 0 Å². The maximum atomic E-state index is 12.4. The molecular weight excluding hydrogens is 330 g/mol. The van der Waals surface area contributed by atoms with E-state index in [-0.39, 0.29) is 23.7 Å². The monoisotopic (exact) mass is 351 g/mol. The lowest BCUT2D eigenvalue weighted by atomic mass is 10.1. The van der Waals surface area contributed by atoms with Gasteiger partial charge in [-0.25, -0.2) is 14.8 Å². The van der Waals surface area contributed by atoms with Crippen LogP contribution in [0.5, 0.6) is 5.88 Å². The number of likely N-dealkylation sites (tertiary alicyclic amines) is 1. The van der Waals surface area contributed by atoms with Crippen LogP contribution in [0.1, 0.15) is 24.1 Å². The van der Waals surface area contributed by atoms with Gasteiger partial charge in [0.2, 0.25) is 5.69 Å². The SMILES string of the molecule is N#Cc1nccnc1O[C@@H]1CCCN(C(=O)NCCc2ccccc2)C1. The van der Waals surface area contributed by atoms with Crippen LogP contribution in [0.25, 0.3) is 0 Å². The first-order chi connectivity index (χ1) is 12.8. The molecule has 2 heterocycles. The summed E-state index contributed by atoms with van der Waals surface area (Å²) in [6.45, 7) is 1.76. The Bertz CT molecular complexity index is 775. The minimum absolute atomic E-state index is 0.0890. The first-order valence-electron chi connectivity index (χ1n) is 8.70. The third kappa shape index (κ3) is 4.70. The minimum Gasteiger partial charge on any atom is -0.470 e. The van der Waals surface area contributed by atoms with Gasteiger partial charge < -0.3 is 15.0 Å². The fourth-order valence-corrected chi connectivity index (χ4v) is 2.94. The number of nitrogens with one attached hydrogen (secondary N) is 1. The van der Waals surface area contributed by atoms with Crippen molar-refractivity contribution in [2.75, 3.05) is 19.6 Å². The Morgan fingerprint density at radius 1 is 1.31 bits per heavy atom. The molecule has 3 rings (SSSR count). The highest BCUT2D eigenvalue weighted by Crippen LogP contribution is 2.18. The van der Waals surface area contributed by atoms with Crippen molar-refractivity contribution in [2.24, 2.45) is 0 Å². The van der Waals surface area contributed by atoms with Gasteiger partial charge in [0, 0.05) is 25.5 Å². The van der Waals surface area contributed by atoms with Gasteiger partial charge in [-0.2, -0.15) is 5.26 Å². The van der Waals surface area contributed by atoms with Crippen LogP contribution in [0.4, 0.5) is 4.79 Å². The molecule has 1 aliphatic heterocycles. The van der Waals surface area contributed by atoms with E-state index in [0.29, 0.717) is 19.6 Å². The van der Waals surface area contributed by atoms with Crippen LogP contribution < -0.4 is 10.1 Å². The van der Waals surface area contributed by atoms with E-state index in [4.69, 9.17) is 10.00 Å². The van der Waals surface area contributed by atoms with Gasteiger partial charge in [-0.05, 0) is 24.8 Å². The molecule has 0 saturated carbocycles. The molecule has 0 unspecified atom stereocenters. The third-order valence-electron chi connectivity index (χ3n) is 4.25. The Morgan fingerprint density at radius 2 is 2.12 bits per heavy atom. The molecule has 1 aliphatic rings. The molecule has 2 aromatic rings. The highest BCUT2D eigenvalue weighted by molar-refractivity contribution is 5.74. The molecule has 1 fully saturated rings. The molecule has 1 saturated heterocycles. The average Bonchev–Trinajstić information content (AvgIpc) is 2.69. The molecule has 1 aromatic heterocycles. The smallest absolute Gasteiger partial charge is 0.317 e. The summed E-state index contributed by atoms with van der Waals surface area (Å²) in [6.07, 6.45) is 5.22. The molecule has 1 aromatic carbocycles. The van der Waals surface area contributed by atoms with Crippen LogP contribution in [-0.2, 0) is 6.42 Å². The zero-order valence-electron chi connectivity index (χ0n) is 14.5. The zero-order chi connectivity index (χ0) is 18.2. The van der Waals surface area contributed by atoms with E-state index in [1.807, 2.05) is 36.4 Å². The lowest BCUT2D eigenvalue weighted by molar-refractivity contribution is 0.0973. The molecule has 1 N–H and O–H groups in total. The van der Waals surface area contributed by atoms with Gasteiger partial charge in [0.1, 0.15) is 12.2 Å². The second-order valence-electron chi connectivity index (χ2n) is 6.12. The van der Waals surface area contributed by atoms with E-state index in [1.54, 1.807) is 4.90 Å². The van der Waals surface area contributed by atoms with Crippen molar-refractivity contribution in [1.29, 1.82) is 5.26 Å². The highest BCUT2D eigenvalue weighted by atomic mass is 16.5. The number of urea groups is 1. The maximum Gasteiger partial charge on any atom is 0.317 e. The number of hydrogen-bond acceptors (Lipinski definition) is 5. The summed E-state index contributed by atoms with van der Waals surface area (Å²) in [5.74, 6) is 0.228. The lowest BCUT2D eigenvalue weighted by Gasteiger charge is -2.32. The Balaban J connectivity index is 1.49. The van der Waals surface area contributed by atoms with Crippen molar-refractivity contribution in [3.8, 4) is 11.9 Å². The summed E-state index contributed by atoms with van der Waals surface area (Å²) < 4.78 is 5.81. The van der Waals surface area contributed by atoms with Crippen LogP contribution in [0, 0.1) is 11.3 Å². The molecular formula is C19H21N5O2. The van der Waals surface area contributed by atoms with Gasteiger partial charge in [0.25, 0.3) is 5.88 Å². The van der Waals surface area contributed by atoms with Gasteiger partial charge in [0.05, 0.1) is 6.54 Å². The minimum atomic E-state index is -0.188. The standard InChI is InChI=1S/C19H21N5O2/c20-13-17-18(22-11-10-21-17)26-16-7-4-12-24(14-16)19(25)23-9-8-15-5-2-1-3-6-15/h1-3,5-6,10-11,16H,4,7-9,12,14H2,(H,23,25)/t16-/m1/s1. The van der Waals surface area contributed by atoms with Crippen LogP contribution in [0.3, 0.4) is 0 Å². The first-order valence-corrected chi connectivity index (χ1v) is 8.70. The number of amides is 2. The Hall–Kier alpha value is -3.14. The largest absolute Gasteiger partial charge is 0.470 e. The number of piperidine rings is 1. The molecule has 7 nitrogen and oxygen atoms in total. The molecule has 1 atom stereocenters. The molecule has 7 heteroatoms. The lowest BCUT2D eigenvalue weighted by Crippen LogP contribution is -2.49. The second kappa shape index (κ2) is 8.81. The summed E-state index contributed by atoms with van der Waals surface area (Å²) >= 11 is 0. The van der Waals surface area contributed by atoms with Crippen LogP contribution >= 0.6 is 0 Å². The summed E-state index contributed by atoms with van der Waals surface area (Å²) in [5, 5.41) is 12.0. The third-order valence-corrected chi connectivity index (χ3v) is 4.25. The second-order valence-corrected chi connectivity index (χ2v) is 6.12. The Labute approximate surface area is 152 Å². The summed E-state index contributed by atoms with van der Waals surface area (Å²) in [7, 11) is 0. The first kappa shape index (κ1) is 17.7. The van der Waals surface area contributed by atoms with Crippen LogP contribution in [0.2, 0.25) is 0 Å². The molecule has 0 aliphatic carbocycles. The van der Waals surface area contributed by atoms with Crippen molar-refractivity contribution in [2.45, 2.75) is 25.4 Å². The van der Waals surface area contributed by atoms with Crippen LogP contribution in [0.15, 0.2) is 42.7 Å². The van der Waals surface area contributed by atoms with Gasteiger partial charge in [0.15, 0.2) is 0 Å². The molecule has 2 amide bonds. The maximum absolute atomic E-state index is 12.4. The molecule has 134 valence electrons. The number of nitrogens with zero attached hydrogens (tertiary/aromatic N) is 4. The molecule has 0 radical (unpaired) electrons. The topological polar surface area (TPSA) is 91.1 Å². The summed E-state index contributed by atoms with van der Waals surface area (Å²) in [5.41, 5.74) is 1.36. The molecule has 0 bridgehead atoms. The van der Waals surface area contributed by atoms with E-state index in [2.05, 4.69) is 15.3 Å². The summed E-state index contributed by atoms with van der Waals surface area (Å²) in [6, 6.07) is 11.9. The molecule has 0 spiro atoms. The number of ether oxygens (including phenoxy) is 1. The van der Waals surface area contributed by atoms with Gasteiger partial charge >= 0.3 is 6.03 Å². The number of carbonyl (C=O) groups is 1. The van der Waals surface area contributed by atoms with Crippen LogP contribution in [-0.4, -0.2) is 46.6 Å². The normalized spacial score (nSPS) is 16.6. The number of carbonyl (C=O) groups excluding carboxylic acids is 1. The number of hydrogen-bond donors (Lipinski definition) is 1. The van der Waals surface area contributed by atoms with E-state index < -0.39 is 0 Å². The van der Waals surface area contributed by atoms with Crippen molar-refractivity contribution in [1.82, 2.24) is 20.2 Å². The van der Waals surface area contributed by atoms with E-state index in [9.17, 15) is 4.79 Å². The summed E-state index contributed by atoms with van der Waals surface area (Å²) in [4.78, 5) is 22.2. The number of benzene rings is 1. The Morgan fingerprint density at radius 3 is 2.92 bits per heavy atom. The fourth-order valence-electron chi connectivity index (χ4n) is 2.94. The van der Waals surface area contributed by atoms with Crippen molar-refractivity contribution < 1.29 is 9.53 Å². The van der Waals surface area contributed by atoms with Gasteiger partial charge in [-0.1, -0.05) is 30.3 Å². The van der Waals surface area contributed by atoms with Crippen molar-refractivity contribution >= 4 is 6.03 Å².